The SMILES string of the molecule is COC1CCCC(N2CCC(N)CC2C)C1. The number of nitrogens with two attached hydrogens (primary N) is 1. The number of nitrogens with zero attached hydrogens (tertiary/aromatic N) is 1. The Morgan fingerprint density at radius 3 is 2.69 bits per heavy atom. The van der Waals surface area contributed by atoms with Gasteiger partial charge in [0.05, 0.1) is 6.10 Å². The third-order valence-electron chi connectivity index (χ3n) is 4.37. The van der Waals surface area contributed by atoms with Crippen LogP contribution in [0.3, 0.4) is 0 Å². The van der Waals surface area contributed by atoms with Gasteiger partial charge >= 0.3 is 0 Å². The van der Waals surface area contributed by atoms with Gasteiger partial charge in [-0.15, -0.1) is 0 Å². The fraction of sp³-hybridized carbons (Fsp3) is 1.00. The second-order valence-corrected chi connectivity index (χ2v) is 5.55. The van der Waals surface area contributed by atoms with Crippen LogP contribution in [-0.4, -0.2) is 42.8 Å². The van der Waals surface area contributed by atoms with Crippen LogP contribution in [0.1, 0.15) is 45.4 Å². The standard InChI is InChI=1S/C13H26N2O/c1-10-8-11(14)6-7-15(10)12-4-3-5-13(9-12)16-2/h10-13H,3-9,14H2,1-2H3. The highest BCUT2D eigenvalue weighted by molar-refractivity contribution is 4.88. The Labute approximate surface area is 99.3 Å². The molecule has 4 atom stereocenters. The van der Waals surface area contributed by atoms with Gasteiger partial charge in [-0.1, -0.05) is 0 Å². The number of hydrogen-bond donors (Lipinski definition) is 1. The Morgan fingerprint density at radius 1 is 1.19 bits per heavy atom. The fourth-order valence-corrected chi connectivity index (χ4v) is 3.40. The second kappa shape index (κ2) is 5.48. The molecule has 1 aliphatic carbocycles. The summed E-state index contributed by atoms with van der Waals surface area (Å²) in [4.78, 5) is 2.68. The molecule has 2 aliphatic rings. The Morgan fingerprint density at radius 2 is 2.00 bits per heavy atom. The van der Waals surface area contributed by atoms with Crippen molar-refractivity contribution in [2.24, 2.45) is 5.73 Å². The normalized spacial score (nSPS) is 42.2. The van der Waals surface area contributed by atoms with E-state index in [1.165, 1.54) is 38.6 Å². The number of hydrogen-bond acceptors (Lipinski definition) is 3. The van der Waals surface area contributed by atoms with Gasteiger partial charge in [0.2, 0.25) is 0 Å². The van der Waals surface area contributed by atoms with Gasteiger partial charge in [0, 0.05) is 31.8 Å². The molecular formula is C13H26N2O. The molecule has 2 N–H and O–H groups in total. The summed E-state index contributed by atoms with van der Waals surface area (Å²) in [5.74, 6) is 0. The minimum atomic E-state index is 0.424. The highest BCUT2D eigenvalue weighted by Gasteiger charge is 2.32. The average Bonchev–Trinajstić information content (AvgIpc) is 2.29. The first-order valence-corrected chi connectivity index (χ1v) is 6.74. The molecule has 0 aromatic heterocycles. The van der Waals surface area contributed by atoms with Gasteiger partial charge in [-0.2, -0.15) is 0 Å². The Bertz CT molecular complexity index is 222. The first-order chi connectivity index (χ1) is 7.70. The summed E-state index contributed by atoms with van der Waals surface area (Å²) in [5.41, 5.74) is 6.02. The Balaban J connectivity index is 1.90. The zero-order valence-corrected chi connectivity index (χ0v) is 10.7. The minimum absolute atomic E-state index is 0.424. The molecule has 3 nitrogen and oxygen atoms in total. The van der Waals surface area contributed by atoms with Crippen LogP contribution in [0.4, 0.5) is 0 Å². The topological polar surface area (TPSA) is 38.5 Å². The zero-order chi connectivity index (χ0) is 11.5. The van der Waals surface area contributed by atoms with Crippen molar-refractivity contribution >= 4 is 0 Å². The molecule has 0 radical (unpaired) electrons. The molecule has 0 amide bonds. The summed E-state index contributed by atoms with van der Waals surface area (Å²) in [6.45, 7) is 3.51. The van der Waals surface area contributed by atoms with Gasteiger partial charge in [0.1, 0.15) is 0 Å². The van der Waals surface area contributed by atoms with Crippen LogP contribution in [0, 0.1) is 0 Å². The lowest BCUT2D eigenvalue weighted by Crippen LogP contribution is -2.52. The number of methoxy groups -OCH3 is 1. The van der Waals surface area contributed by atoms with Crippen LogP contribution in [0.15, 0.2) is 0 Å². The van der Waals surface area contributed by atoms with Crippen LogP contribution in [0.5, 0.6) is 0 Å². The van der Waals surface area contributed by atoms with Crippen molar-refractivity contribution in [3.05, 3.63) is 0 Å². The van der Waals surface area contributed by atoms with Crippen molar-refractivity contribution in [1.29, 1.82) is 0 Å². The third kappa shape index (κ3) is 2.76. The van der Waals surface area contributed by atoms with Crippen LogP contribution in [0.25, 0.3) is 0 Å². The number of rotatable bonds is 2. The summed E-state index contributed by atoms with van der Waals surface area (Å²) in [6, 6.07) is 1.82. The van der Waals surface area contributed by atoms with E-state index in [4.69, 9.17) is 10.5 Å². The molecule has 3 heteroatoms. The highest BCUT2D eigenvalue weighted by Crippen LogP contribution is 2.29. The molecule has 2 rings (SSSR count). The molecule has 0 aromatic rings. The molecule has 0 spiro atoms. The maximum atomic E-state index is 6.02. The molecule has 4 unspecified atom stereocenters. The average molecular weight is 226 g/mol. The van der Waals surface area contributed by atoms with E-state index in [9.17, 15) is 0 Å². The molecule has 1 heterocycles. The van der Waals surface area contributed by atoms with Gasteiger partial charge in [-0.05, 0) is 45.4 Å². The zero-order valence-electron chi connectivity index (χ0n) is 10.7. The fourth-order valence-electron chi connectivity index (χ4n) is 3.40. The van der Waals surface area contributed by atoms with Crippen LogP contribution in [-0.2, 0) is 4.74 Å². The maximum Gasteiger partial charge on any atom is 0.0586 e. The van der Waals surface area contributed by atoms with E-state index in [1.54, 1.807) is 0 Å². The van der Waals surface area contributed by atoms with Crippen molar-refractivity contribution in [2.75, 3.05) is 13.7 Å². The molecule has 0 aromatic carbocycles. The first-order valence-electron chi connectivity index (χ1n) is 6.74. The quantitative estimate of drug-likeness (QED) is 0.779. The summed E-state index contributed by atoms with van der Waals surface area (Å²) in [6.07, 6.45) is 7.94. The monoisotopic (exact) mass is 226 g/mol. The van der Waals surface area contributed by atoms with Crippen LogP contribution < -0.4 is 5.73 Å². The molecule has 1 saturated carbocycles. The third-order valence-corrected chi connectivity index (χ3v) is 4.37. The van der Waals surface area contributed by atoms with Crippen LogP contribution >= 0.6 is 0 Å². The van der Waals surface area contributed by atoms with E-state index in [1.807, 2.05) is 7.11 Å². The summed E-state index contributed by atoms with van der Waals surface area (Å²) in [5, 5.41) is 0. The molecule has 1 aliphatic heterocycles. The molecule has 2 fully saturated rings. The van der Waals surface area contributed by atoms with Crippen LogP contribution in [0.2, 0.25) is 0 Å². The van der Waals surface area contributed by atoms with Crippen molar-refractivity contribution in [1.82, 2.24) is 4.90 Å². The van der Waals surface area contributed by atoms with E-state index in [0.717, 1.165) is 12.5 Å². The Kier molecular flexibility index (Phi) is 4.22. The largest absolute Gasteiger partial charge is 0.381 e. The van der Waals surface area contributed by atoms with E-state index in [0.29, 0.717) is 18.2 Å². The molecule has 16 heavy (non-hydrogen) atoms. The van der Waals surface area contributed by atoms with E-state index in [-0.39, 0.29) is 0 Å². The number of likely N-dealkylation sites (tertiary alicyclic amines) is 1. The van der Waals surface area contributed by atoms with Crippen molar-refractivity contribution < 1.29 is 4.74 Å². The second-order valence-electron chi connectivity index (χ2n) is 5.55. The lowest BCUT2D eigenvalue weighted by atomic mass is 9.88. The molecule has 94 valence electrons. The number of piperidine rings is 1. The van der Waals surface area contributed by atoms with E-state index < -0.39 is 0 Å². The van der Waals surface area contributed by atoms with Crippen molar-refractivity contribution in [2.45, 2.75) is 69.7 Å². The predicted molar refractivity (Wildman–Crippen MR) is 66.4 cm³/mol. The maximum absolute atomic E-state index is 6.02. The molecule has 0 bridgehead atoms. The van der Waals surface area contributed by atoms with E-state index >= 15 is 0 Å². The summed E-state index contributed by atoms with van der Waals surface area (Å²) >= 11 is 0. The summed E-state index contributed by atoms with van der Waals surface area (Å²) < 4.78 is 5.52. The number of ether oxygens (including phenoxy) is 1. The predicted octanol–water partition coefficient (Wildman–Crippen LogP) is 1.76. The molecule has 1 saturated heterocycles. The van der Waals surface area contributed by atoms with Gasteiger partial charge in [-0.25, -0.2) is 0 Å². The summed E-state index contributed by atoms with van der Waals surface area (Å²) in [7, 11) is 1.85. The highest BCUT2D eigenvalue weighted by atomic mass is 16.5. The van der Waals surface area contributed by atoms with Gasteiger partial charge < -0.3 is 10.5 Å². The van der Waals surface area contributed by atoms with Gasteiger partial charge in [0.15, 0.2) is 0 Å². The smallest absolute Gasteiger partial charge is 0.0586 e. The van der Waals surface area contributed by atoms with Crippen molar-refractivity contribution in [3.63, 3.8) is 0 Å². The van der Waals surface area contributed by atoms with Crippen molar-refractivity contribution in [3.8, 4) is 0 Å². The Hall–Kier alpha value is -0.120. The molecular weight excluding hydrogens is 200 g/mol. The van der Waals surface area contributed by atoms with Gasteiger partial charge in [0.25, 0.3) is 0 Å². The lowest BCUT2D eigenvalue weighted by Gasteiger charge is -2.44. The lowest BCUT2D eigenvalue weighted by molar-refractivity contribution is 0.00503. The first kappa shape index (κ1) is 12.3. The van der Waals surface area contributed by atoms with E-state index in [2.05, 4.69) is 11.8 Å². The minimum Gasteiger partial charge on any atom is -0.381 e. The van der Waals surface area contributed by atoms with Gasteiger partial charge in [-0.3, -0.25) is 4.90 Å².